The van der Waals surface area contributed by atoms with Crippen LogP contribution in [0.2, 0.25) is 0 Å². The van der Waals surface area contributed by atoms with Crippen molar-refractivity contribution in [3.63, 3.8) is 0 Å². The first-order chi connectivity index (χ1) is 5.65. The molecule has 0 saturated carbocycles. The third-order valence-electron chi connectivity index (χ3n) is 2.50. The van der Waals surface area contributed by atoms with Crippen LogP contribution in [0.15, 0.2) is 0 Å². The number of piperidine rings is 1. The number of carbonyl (C=O) groups excluding carboxylic acids is 1. The van der Waals surface area contributed by atoms with E-state index in [-0.39, 0.29) is 5.91 Å². The van der Waals surface area contributed by atoms with Gasteiger partial charge in [-0.15, -0.1) is 0 Å². The Hall–Kier alpha value is -0.570. The summed E-state index contributed by atoms with van der Waals surface area (Å²) in [6.07, 6.45) is 1.65. The Kier molecular flexibility index (Phi) is 3.09. The Balaban J connectivity index is 2.53. The molecule has 0 spiro atoms. The van der Waals surface area contributed by atoms with Gasteiger partial charge >= 0.3 is 0 Å². The van der Waals surface area contributed by atoms with Gasteiger partial charge in [-0.2, -0.15) is 0 Å². The third-order valence-corrected chi connectivity index (χ3v) is 2.50. The van der Waals surface area contributed by atoms with Crippen molar-refractivity contribution < 1.29 is 4.79 Å². The van der Waals surface area contributed by atoms with E-state index in [0.717, 1.165) is 13.0 Å². The quantitative estimate of drug-likeness (QED) is 0.659. The molecular weight excluding hydrogens is 152 g/mol. The molecule has 0 aromatic heterocycles. The second kappa shape index (κ2) is 3.90. The molecule has 0 bridgehead atoms. The Bertz CT molecular complexity index is 168. The molecule has 1 atom stereocenters. The second-order valence-electron chi connectivity index (χ2n) is 3.78. The number of hydrogen-bond donors (Lipinski definition) is 1. The Morgan fingerprint density at radius 1 is 1.67 bits per heavy atom. The Labute approximate surface area is 73.9 Å². The van der Waals surface area contributed by atoms with Gasteiger partial charge in [-0.1, -0.05) is 0 Å². The fourth-order valence-electron chi connectivity index (χ4n) is 1.63. The van der Waals surface area contributed by atoms with Crippen molar-refractivity contribution in [3.05, 3.63) is 0 Å². The summed E-state index contributed by atoms with van der Waals surface area (Å²) in [5.41, 5.74) is 5.57. The van der Waals surface area contributed by atoms with Gasteiger partial charge in [0.05, 0.1) is 0 Å². The molecule has 70 valence electrons. The largest absolute Gasteiger partial charge is 0.340 e. The Morgan fingerprint density at radius 2 is 2.33 bits per heavy atom. The molecule has 3 heteroatoms. The van der Waals surface area contributed by atoms with E-state index in [1.54, 1.807) is 0 Å². The van der Waals surface area contributed by atoms with Gasteiger partial charge in [0.25, 0.3) is 0 Å². The van der Waals surface area contributed by atoms with Crippen LogP contribution in [0, 0.1) is 5.92 Å². The normalized spacial score (nSPS) is 25.2. The van der Waals surface area contributed by atoms with Gasteiger partial charge in [0.2, 0.25) is 5.91 Å². The minimum atomic E-state index is 0.287. The number of nitrogens with zero attached hydrogens (tertiary/aromatic N) is 1. The molecule has 1 fully saturated rings. The van der Waals surface area contributed by atoms with Crippen molar-refractivity contribution in [3.8, 4) is 0 Å². The summed E-state index contributed by atoms with van der Waals surface area (Å²) in [5.74, 6) is 0.805. The lowest BCUT2D eigenvalue weighted by Crippen LogP contribution is -2.45. The maximum Gasteiger partial charge on any atom is 0.222 e. The average molecular weight is 170 g/mol. The Morgan fingerprint density at radius 3 is 2.83 bits per heavy atom. The lowest BCUT2D eigenvalue weighted by Gasteiger charge is -2.34. The molecule has 12 heavy (non-hydrogen) atoms. The van der Waals surface area contributed by atoms with E-state index in [1.165, 1.54) is 0 Å². The average Bonchev–Trinajstić information content (AvgIpc) is 2.05. The lowest BCUT2D eigenvalue weighted by atomic mass is 9.97. The molecule has 1 heterocycles. The number of hydrogen-bond acceptors (Lipinski definition) is 2. The van der Waals surface area contributed by atoms with Crippen LogP contribution in [0.3, 0.4) is 0 Å². The van der Waals surface area contributed by atoms with Gasteiger partial charge in [-0.25, -0.2) is 0 Å². The van der Waals surface area contributed by atoms with Gasteiger partial charge in [0.1, 0.15) is 0 Å². The highest BCUT2D eigenvalue weighted by molar-refractivity contribution is 5.77. The summed E-state index contributed by atoms with van der Waals surface area (Å²) >= 11 is 0. The highest BCUT2D eigenvalue weighted by Crippen LogP contribution is 2.18. The molecule has 1 aliphatic heterocycles. The van der Waals surface area contributed by atoms with Crippen LogP contribution in [-0.2, 0) is 4.79 Å². The molecule has 1 rings (SSSR count). The molecule has 1 aliphatic rings. The molecule has 3 nitrogen and oxygen atoms in total. The lowest BCUT2D eigenvalue weighted by molar-refractivity contribution is -0.136. The summed E-state index contributed by atoms with van der Waals surface area (Å²) in [4.78, 5) is 13.3. The van der Waals surface area contributed by atoms with E-state index in [4.69, 9.17) is 5.73 Å². The molecular formula is C9H18N2O. The fourth-order valence-corrected chi connectivity index (χ4v) is 1.63. The molecule has 1 amide bonds. The zero-order chi connectivity index (χ0) is 9.14. The number of likely N-dealkylation sites (tertiary alicyclic amines) is 1. The summed E-state index contributed by atoms with van der Waals surface area (Å²) in [6.45, 7) is 5.66. The van der Waals surface area contributed by atoms with Crippen LogP contribution in [-0.4, -0.2) is 29.9 Å². The summed E-state index contributed by atoms with van der Waals surface area (Å²) in [5, 5.41) is 0. The maximum absolute atomic E-state index is 11.4. The van der Waals surface area contributed by atoms with E-state index >= 15 is 0 Å². The van der Waals surface area contributed by atoms with Crippen molar-refractivity contribution >= 4 is 5.91 Å². The number of nitrogens with two attached hydrogens (primary N) is 1. The van der Waals surface area contributed by atoms with E-state index < -0.39 is 0 Å². The fraction of sp³-hybridized carbons (Fsp3) is 0.889. The van der Waals surface area contributed by atoms with Gasteiger partial charge < -0.3 is 10.6 Å². The van der Waals surface area contributed by atoms with Gasteiger partial charge in [-0.3, -0.25) is 4.79 Å². The van der Waals surface area contributed by atoms with E-state index in [0.29, 0.717) is 24.9 Å². The summed E-state index contributed by atoms with van der Waals surface area (Å²) < 4.78 is 0. The van der Waals surface area contributed by atoms with E-state index in [9.17, 15) is 4.79 Å². The van der Waals surface area contributed by atoms with Crippen LogP contribution in [0.25, 0.3) is 0 Å². The number of carbonyl (C=O) groups is 1. The number of rotatable bonds is 2. The van der Waals surface area contributed by atoms with Crippen molar-refractivity contribution in [1.82, 2.24) is 4.90 Å². The standard InChI is InChI=1S/C9H18N2O/c1-7(2)11-6-8(5-10)3-4-9(11)12/h7-8H,3-6,10H2,1-2H3. The minimum Gasteiger partial charge on any atom is -0.340 e. The van der Waals surface area contributed by atoms with E-state index in [1.807, 2.05) is 4.90 Å². The second-order valence-corrected chi connectivity index (χ2v) is 3.78. The first kappa shape index (κ1) is 9.52. The third kappa shape index (κ3) is 1.97. The van der Waals surface area contributed by atoms with Crippen LogP contribution in [0.5, 0.6) is 0 Å². The SMILES string of the molecule is CC(C)N1CC(CN)CCC1=O. The van der Waals surface area contributed by atoms with E-state index in [2.05, 4.69) is 13.8 Å². The summed E-state index contributed by atoms with van der Waals surface area (Å²) in [7, 11) is 0. The topological polar surface area (TPSA) is 46.3 Å². The van der Waals surface area contributed by atoms with Crippen LogP contribution in [0.4, 0.5) is 0 Å². The smallest absolute Gasteiger partial charge is 0.222 e. The predicted molar refractivity (Wildman–Crippen MR) is 48.6 cm³/mol. The van der Waals surface area contributed by atoms with Crippen LogP contribution < -0.4 is 5.73 Å². The summed E-state index contributed by atoms with van der Waals surface area (Å²) in [6, 6.07) is 0.326. The van der Waals surface area contributed by atoms with Crippen molar-refractivity contribution in [2.75, 3.05) is 13.1 Å². The molecule has 0 aliphatic carbocycles. The molecule has 0 aromatic carbocycles. The zero-order valence-electron chi connectivity index (χ0n) is 7.92. The van der Waals surface area contributed by atoms with Crippen LogP contribution in [0.1, 0.15) is 26.7 Å². The number of amides is 1. The molecule has 2 N–H and O–H groups in total. The first-order valence-corrected chi connectivity index (χ1v) is 4.64. The van der Waals surface area contributed by atoms with Gasteiger partial charge in [-0.05, 0) is 32.7 Å². The highest BCUT2D eigenvalue weighted by atomic mass is 16.2. The monoisotopic (exact) mass is 170 g/mol. The van der Waals surface area contributed by atoms with Crippen LogP contribution >= 0.6 is 0 Å². The van der Waals surface area contributed by atoms with Crippen molar-refractivity contribution in [2.45, 2.75) is 32.7 Å². The first-order valence-electron chi connectivity index (χ1n) is 4.64. The van der Waals surface area contributed by atoms with Crippen molar-refractivity contribution in [1.29, 1.82) is 0 Å². The molecule has 1 unspecified atom stereocenters. The molecule has 0 aromatic rings. The van der Waals surface area contributed by atoms with Gasteiger partial charge in [0.15, 0.2) is 0 Å². The van der Waals surface area contributed by atoms with Gasteiger partial charge in [0, 0.05) is 19.0 Å². The predicted octanol–water partition coefficient (Wildman–Crippen LogP) is 0.592. The zero-order valence-corrected chi connectivity index (χ0v) is 7.92. The highest BCUT2D eigenvalue weighted by Gasteiger charge is 2.25. The molecule has 1 saturated heterocycles. The maximum atomic E-state index is 11.4. The van der Waals surface area contributed by atoms with Crippen molar-refractivity contribution in [2.24, 2.45) is 11.7 Å². The molecule has 0 radical (unpaired) electrons. The minimum absolute atomic E-state index is 0.287.